The Kier molecular flexibility index (Phi) is 11.0. The van der Waals surface area contributed by atoms with Crippen LogP contribution in [0.1, 0.15) is 50.4 Å². The van der Waals surface area contributed by atoms with Gasteiger partial charge in [-0.25, -0.2) is 4.79 Å². The number of benzene rings is 2. The van der Waals surface area contributed by atoms with Gasteiger partial charge in [-0.15, -0.1) is 0 Å². The molecule has 2 aliphatic heterocycles. The van der Waals surface area contributed by atoms with Crippen molar-refractivity contribution in [3.8, 4) is 17.2 Å². The van der Waals surface area contributed by atoms with Crippen LogP contribution >= 0.6 is 0 Å². The van der Waals surface area contributed by atoms with E-state index in [0.717, 1.165) is 24.9 Å². The van der Waals surface area contributed by atoms with E-state index >= 15 is 0 Å². The van der Waals surface area contributed by atoms with Gasteiger partial charge in [0.05, 0.1) is 30.4 Å². The quantitative estimate of drug-likeness (QED) is 0.502. The number of amides is 3. The fourth-order valence-corrected chi connectivity index (χ4v) is 5.20. The largest absolute Gasteiger partial charge is 0.490 e. The lowest BCUT2D eigenvalue weighted by Gasteiger charge is -2.36. The molecule has 2 aromatic rings. The second-order valence-electron chi connectivity index (χ2n) is 11.8. The number of nitrogens with one attached hydrogen (secondary N) is 1. The molecule has 3 amide bonds. The molecule has 11 heteroatoms. The Bertz CT molecular complexity index is 1260. The standard InChI is InChI=1S/C32H46N4O7/c1-21-17-36(22(2)19-37)31(38)26-16-25(34(4)5)11-13-27(26)43-23(3)9-7-8-14-40-30(21)18-35(6)32(39)33-24-10-12-28-29(15-24)42-20-41-28/h10-13,15-16,21-23,30,37H,7-9,14,17-20H2,1-6H3,(H,33,39)/t21-,22-,23+,30+/m0/s1. The van der Waals surface area contributed by atoms with Crippen molar-refractivity contribution in [3.63, 3.8) is 0 Å². The number of carbonyl (C=O) groups excluding carboxylic acids is 2. The summed E-state index contributed by atoms with van der Waals surface area (Å²) in [6, 6.07) is 10.2. The van der Waals surface area contributed by atoms with Crippen LogP contribution in [-0.4, -0.2) is 99.3 Å². The zero-order chi connectivity index (χ0) is 31.1. The number of fused-ring (bicyclic) bond motifs is 2. The first-order valence-electron chi connectivity index (χ1n) is 15.0. The summed E-state index contributed by atoms with van der Waals surface area (Å²) < 4.78 is 23.4. The van der Waals surface area contributed by atoms with Crippen molar-refractivity contribution in [1.82, 2.24) is 9.80 Å². The van der Waals surface area contributed by atoms with E-state index in [1.165, 1.54) is 0 Å². The van der Waals surface area contributed by atoms with Crippen LogP contribution in [0.15, 0.2) is 36.4 Å². The van der Waals surface area contributed by atoms with E-state index in [4.69, 9.17) is 18.9 Å². The molecule has 2 heterocycles. The number of nitrogens with zero attached hydrogens (tertiary/aromatic N) is 3. The summed E-state index contributed by atoms with van der Waals surface area (Å²) in [7, 11) is 5.58. The van der Waals surface area contributed by atoms with Gasteiger partial charge in [-0.1, -0.05) is 6.92 Å². The summed E-state index contributed by atoms with van der Waals surface area (Å²) >= 11 is 0. The fraction of sp³-hybridized carbons (Fsp3) is 0.562. The van der Waals surface area contributed by atoms with Gasteiger partial charge in [0, 0.05) is 64.2 Å². The maximum Gasteiger partial charge on any atom is 0.321 e. The van der Waals surface area contributed by atoms with Crippen LogP contribution in [0, 0.1) is 5.92 Å². The zero-order valence-electron chi connectivity index (χ0n) is 26.2. The summed E-state index contributed by atoms with van der Waals surface area (Å²) in [4.78, 5) is 32.5. The van der Waals surface area contributed by atoms with Gasteiger partial charge in [-0.05, 0) is 63.4 Å². The van der Waals surface area contributed by atoms with E-state index in [9.17, 15) is 14.7 Å². The summed E-state index contributed by atoms with van der Waals surface area (Å²) in [6.07, 6.45) is 2.10. The van der Waals surface area contributed by atoms with Crippen LogP contribution < -0.4 is 24.4 Å². The van der Waals surface area contributed by atoms with Gasteiger partial charge in [0.2, 0.25) is 6.79 Å². The van der Waals surface area contributed by atoms with Crippen LogP contribution in [0.2, 0.25) is 0 Å². The van der Waals surface area contributed by atoms with Crippen LogP contribution in [-0.2, 0) is 4.74 Å². The first kappa shape index (κ1) is 32.2. The van der Waals surface area contributed by atoms with Crippen molar-refractivity contribution in [1.29, 1.82) is 0 Å². The Balaban J connectivity index is 1.55. The maximum absolute atomic E-state index is 14.1. The molecule has 0 aliphatic carbocycles. The molecule has 0 unspecified atom stereocenters. The van der Waals surface area contributed by atoms with Crippen molar-refractivity contribution < 1.29 is 33.6 Å². The number of ether oxygens (including phenoxy) is 4. The normalized spacial score (nSPS) is 21.7. The summed E-state index contributed by atoms with van der Waals surface area (Å²) in [5.74, 6) is 1.40. The SMILES string of the molecule is C[C@@H]1CCCCO[C@H](CN(C)C(=O)Nc2ccc3c(c2)OCO3)[C@@H](C)CN([C@@H](C)CO)C(=O)c2cc(N(C)C)ccc2O1. The van der Waals surface area contributed by atoms with Crippen molar-refractivity contribution in [2.75, 3.05) is 64.5 Å². The van der Waals surface area contributed by atoms with Gasteiger partial charge in [0.1, 0.15) is 5.75 Å². The van der Waals surface area contributed by atoms with E-state index in [2.05, 4.69) is 5.32 Å². The van der Waals surface area contributed by atoms with Crippen LogP contribution in [0.5, 0.6) is 17.2 Å². The predicted octanol–water partition coefficient (Wildman–Crippen LogP) is 4.44. The number of aliphatic hydroxyl groups excluding tert-OH is 1. The smallest absolute Gasteiger partial charge is 0.321 e. The van der Waals surface area contributed by atoms with E-state index < -0.39 is 6.04 Å². The van der Waals surface area contributed by atoms with E-state index in [1.54, 1.807) is 35.0 Å². The molecule has 4 rings (SSSR count). The summed E-state index contributed by atoms with van der Waals surface area (Å²) in [5.41, 5.74) is 1.94. The van der Waals surface area contributed by atoms with Gasteiger partial charge in [0.25, 0.3) is 5.91 Å². The van der Waals surface area contributed by atoms with Gasteiger partial charge < -0.3 is 44.1 Å². The third-order valence-electron chi connectivity index (χ3n) is 7.98. The Morgan fingerprint density at radius 2 is 1.81 bits per heavy atom. The van der Waals surface area contributed by atoms with Crippen LogP contribution in [0.3, 0.4) is 0 Å². The highest BCUT2D eigenvalue weighted by molar-refractivity contribution is 5.98. The van der Waals surface area contributed by atoms with Gasteiger partial charge in [-0.2, -0.15) is 0 Å². The third kappa shape index (κ3) is 8.23. The lowest BCUT2D eigenvalue weighted by molar-refractivity contribution is -0.0115. The molecule has 0 saturated carbocycles. The average molecular weight is 599 g/mol. The maximum atomic E-state index is 14.1. The van der Waals surface area contributed by atoms with E-state index in [0.29, 0.717) is 48.2 Å². The van der Waals surface area contributed by atoms with Crippen molar-refractivity contribution in [2.24, 2.45) is 5.92 Å². The number of anilines is 2. The summed E-state index contributed by atoms with van der Waals surface area (Å²) in [5, 5.41) is 13.0. The lowest BCUT2D eigenvalue weighted by Crippen LogP contribution is -2.48. The number of rotatable bonds is 6. The zero-order valence-corrected chi connectivity index (χ0v) is 26.2. The van der Waals surface area contributed by atoms with Crippen molar-refractivity contribution in [2.45, 2.75) is 58.3 Å². The van der Waals surface area contributed by atoms with E-state index in [1.807, 2.05) is 58.0 Å². The van der Waals surface area contributed by atoms with Gasteiger partial charge in [-0.3, -0.25) is 4.79 Å². The summed E-state index contributed by atoms with van der Waals surface area (Å²) in [6.45, 7) is 6.97. The minimum atomic E-state index is -0.441. The molecule has 0 radical (unpaired) electrons. The monoisotopic (exact) mass is 598 g/mol. The molecule has 2 N–H and O–H groups in total. The number of carbonyl (C=O) groups is 2. The lowest BCUT2D eigenvalue weighted by atomic mass is 10.0. The minimum absolute atomic E-state index is 0.0934. The number of hydrogen-bond acceptors (Lipinski definition) is 8. The molecule has 2 aromatic carbocycles. The highest BCUT2D eigenvalue weighted by Gasteiger charge is 2.31. The third-order valence-corrected chi connectivity index (χ3v) is 7.98. The number of hydrogen-bond donors (Lipinski definition) is 2. The topological polar surface area (TPSA) is 113 Å². The molecule has 0 spiro atoms. The molecule has 0 saturated heterocycles. The number of aliphatic hydroxyl groups is 1. The highest BCUT2D eigenvalue weighted by Crippen LogP contribution is 2.34. The van der Waals surface area contributed by atoms with E-state index in [-0.39, 0.29) is 43.5 Å². The molecule has 2 aliphatic rings. The van der Waals surface area contributed by atoms with Gasteiger partial charge in [0.15, 0.2) is 11.5 Å². The van der Waals surface area contributed by atoms with Gasteiger partial charge >= 0.3 is 6.03 Å². The first-order chi connectivity index (χ1) is 20.6. The van der Waals surface area contributed by atoms with Crippen LogP contribution in [0.4, 0.5) is 16.2 Å². The average Bonchev–Trinajstić information content (AvgIpc) is 3.45. The Labute approximate surface area is 254 Å². The molecule has 4 atom stereocenters. The molecule has 43 heavy (non-hydrogen) atoms. The first-order valence-corrected chi connectivity index (χ1v) is 15.0. The molecular weight excluding hydrogens is 552 g/mol. The molecule has 11 nitrogen and oxygen atoms in total. The number of urea groups is 1. The fourth-order valence-electron chi connectivity index (χ4n) is 5.20. The Hall–Kier alpha value is -3.70. The second-order valence-corrected chi connectivity index (χ2v) is 11.8. The number of likely N-dealkylation sites (N-methyl/N-ethyl adjacent to an activating group) is 1. The minimum Gasteiger partial charge on any atom is -0.490 e. The molecule has 236 valence electrons. The van der Waals surface area contributed by atoms with Crippen molar-refractivity contribution in [3.05, 3.63) is 42.0 Å². The predicted molar refractivity (Wildman–Crippen MR) is 165 cm³/mol. The van der Waals surface area contributed by atoms with Crippen molar-refractivity contribution >= 4 is 23.3 Å². The Morgan fingerprint density at radius 3 is 2.56 bits per heavy atom. The highest BCUT2D eigenvalue weighted by atomic mass is 16.7. The molecule has 0 fully saturated rings. The second kappa shape index (κ2) is 14.7. The molecule has 0 aromatic heterocycles. The van der Waals surface area contributed by atoms with Crippen LogP contribution in [0.25, 0.3) is 0 Å². The molecular formula is C32H46N4O7. The molecule has 0 bridgehead atoms. The Morgan fingerprint density at radius 1 is 1.07 bits per heavy atom.